The van der Waals surface area contributed by atoms with Crippen molar-refractivity contribution in [2.75, 3.05) is 5.73 Å². The number of nitrogens with two attached hydrogens (primary N) is 1. The van der Waals surface area contributed by atoms with Crippen molar-refractivity contribution in [2.45, 2.75) is 38.8 Å². The van der Waals surface area contributed by atoms with E-state index in [0.717, 1.165) is 35.2 Å². The first kappa shape index (κ1) is 22.7. The molecule has 5 aromatic rings. The molecule has 0 bridgehead atoms. The molecule has 2 amide bonds. The van der Waals surface area contributed by atoms with Gasteiger partial charge in [-0.25, -0.2) is 24.4 Å². The van der Waals surface area contributed by atoms with Crippen molar-refractivity contribution in [1.82, 2.24) is 39.9 Å². The van der Waals surface area contributed by atoms with Gasteiger partial charge in [-0.1, -0.05) is 6.07 Å². The number of aryl methyl sites for hydroxylation is 1. The minimum Gasteiger partial charge on any atom is -0.383 e. The molecule has 1 aromatic carbocycles. The molecule has 0 saturated carbocycles. The molecule has 37 heavy (non-hydrogen) atoms. The van der Waals surface area contributed by atoms with Gasteiger partial charge in [0.2, 0.25) is 0 Å². The van der Waals surface area contributed by atoms with Gasteiger partial charge < -0.3 is 16.4 Å². The lowest BCUT2D eigenvalue weighted by Gasteiger charge is -2.17. The van der Waals surface area contributed by atoms with Crippen molar-refractivity contribution in [3.63, 3.8) is 0 Å². The number of fused-ring (bicyclic) bond motifs is 2. The molecule has 0 saturated heterocycles. The molecule has 0 radical (unpaired) electrons. The smallest absolute Gasteiger partial charge is 0.315 e. The third-order valence-corrected chi connectivity index (χ3v) is 6.50. The molecule has 0 spiro atoms. The van der Waals surface area contributed by atoms with Gasteiger partial charge in [0.05, 0.1) is 11.6 Å². The van der Waals surface area contributed by atoms with Crippen molar-refractivity contribution in [3.8, 4) is 22.9 Å². The van der Waals surface area contributed by atoms with Gasteiger partial charge in [-0.3, -0.25) is 4.57 Å². The van der Waals surface area contributed by atoms with E-state index in [1.807, 2.05) is 61.0 Å². The lowest BCUT2D eigenvalue weighted by molar-refractivity contribution is 0.234. The van der Waals surface area contributed by atoms with Crippen LogP contribution in [0.15, 0.2) is 67.1 Å². The molecule has 1 aliphatic carbocycles. The Hall–Kier alpha value is -4.73. The Morgan fingerprint density at radius 1 is 1.11 bits per heavy atom. The summed E-state index contributed by atoms with van der Waals surface area (Å²) in [6.07, 6.45) is 6.94. The number of pyridine rings is 2. The van der Waals surface area contributed by atoms with Crippen LogP contribution in [-0.2, 0) is 6.42 Å². The zero-order valence-electron chi connectivity index (χ0n) is 20.6. The summed E-state index contributed by atoms with van der Waals surface area (Å²) in [4.78, 5) is 26.4. The molecule has 4 N–H and O–H groups in total. The van der Waals surface area contributed by atoms with E-state index in [1.54, 1.807) is 17.1 Å². The number of urea groups is 1. The molecular formula is C27H27N9O. The van der Waals surface area contributed by atoms with Crippen LogP contribution in [0.25, 0.3) is 34.1 Å². The van der Waals surface area contributed by atoms with Crippen LogP contribution in [-0.4, -0.2) is 41.4 Å². The number of nitrogen functional groups attached to an aromatic ring is 1. The third-order valence-electron chi connectivity index (χ3n) is 6.50. The first-order valence-corrected chi connectivity index (χ1v) is 12.3. The van der Waals surface area contributed by atoms with E-state index in [1.165, 1.54) is 5.56 Å². The maximum absolute atomic E-state index is 12.3. The molecule has 10 heteroatoms. The second kappa shape index (κ2) is 9.05. The molecule has 0 unspecified atom stereocenters. The molecule has 10 nitrogen and oxygen atoms in total. The highest BCUT2D eigenvalue weighted by atomic mass is 16.2. The normalized spacial score (nSPS) is 14.7. The number of amides is 2. The summed E-state index contributed by atoms with van der Waals surface area (Å²) in [5.74, 6) is 1.74. The summed E-state index contributed by atoms with van der Waals surface area (Å²) in [6, 6.07) is 15.6. The molecule has 1 atom stereocenters. The predicted octanol–water partition coefficient (Wildman–Crippen LogP) is 3.95. The lowest BCUT2D eigenvalue weighted by Crippen LogP contribution is -2.40. The minimum atomic E-state index is -0.151. The molecule has 186 valence electrons. The molecular weight excluding hydrogens is 466 g/mol. The Kier molecular flexibility index (Phi) is 5.56. The van der Waals surface area contributed by atoms with Crippen molar-refractivity contribution in [2.24, 2.45) is 0 Å². The number of hydrogen-bond donors (Lipinski definition) is 3. The van der Waals surface area contributed by atoms with Crippen LogP contribution in [0.4, 0.5) is 10.6 Å². The first-order valence-electron chi connectivity index (χ1n) is 12.3. The number of nitrogens with zero attached hydrogens (tertiary/aromatic N) is 6. The molecule has 4 heterocycles. The zero-order valence-corrected chi connectivity index (χ0v) is 20.6. The van der Waals surface area contributed by atoms with Crippen LogP contribution in [0.2, 0.25) is 0 Å². The minimum absolute atomic E-state index is 0.0275. The summed E-state index contributed by atoms with van der Waals surface area (Å²) >= 11 is 0. The van der Waals surface area contributed by atoms with Crippen molar-refractivity contribution in [1.29, 1.82) is 0 Å². The van der Waals surface area contributed by atoms with E-state index >= 15 is 0 Å². The van der Waals surface area contributed by atoms with Crippen LogP contribution in [0.1, 0.15) is 37.4 Å². The predicted molar refractivity (Wildman–Crippen MR) is 141 cm³/mol. The summed E-state index contributed by atoms with van der Waals surface area (Å²) < 4.78 is 3.73. The van der Waals surface area contributed by atoms with E-state index < -0.39 is 0 Å². The van der Waals surface area contributed by atoms with Gasteiger partial charge in [-0.05, 0) is 80.3 Å². The number of rotatable bonds is 5. The fraction of sp³-hybridized carbons (Fsp3) is 0.222. The first-order chi connectivity index (χ1) is 18.0. The average molecular weight is 494 g/mol. The van der Waals surface area contributed by atoms with Crippen LogP contribution in [0.5, 0.6) is 0 Å². The maximum atomic E-state index is 12.3. The van der Waals surface area contributed by atoms with Gasteiger partial charge >= 0.3 is 6.03 Å². The van der Waals surface area contributed by atoms with Crippen molar-refractivity contribution < 1.29 is 4.79 Å². The third kappa shape index (κ3) is 4.16. The SMILES string of the molecule is CC(C)NC(=O)N[C@H]1CCc2cc(-n3c(-c4cccnc4N)nc4ccc(-n5cccn5)nc43)ccc21. The van der Waals surface area contributed by atoms with E-state index in [4.69, 9.17) is 15.7 Å². The van der Waals surface area contributed by atoms with Gasteiger partial charge in [-0.15, -0.1) is 0 Å². The Balaban J connectivity index is 1.47. The molecule has 0 fully saturated rings. The Bertz CT molecular complexity index is 1600. The van der Waals surface area contributed by atoms with E-state index in [-0.39, 0.29) is 18.1 Å². The zero-order chi connectivity index (χ0) is 25.5. The number of benzene rings is 1. The maximum Gasteiger partial charge on any atom is 0.315 e. The van der Waals surface area contributed by atoms with E-state index in [9.17, 15) is 4.79 Å². The molecule has 1 aliphatic rings. The van der Waals surface area contributed by atoms with Crippen LogP contribution in [0.3, 0.4) is 0 Å². The fourth-order valence-electron chi connectivity index (χ4n) is 4.87. The average Bonchev–Trinajstić information content (AvgIpc) is 3.62. The van der Waals surface area contributed by atoms with Gasteiger partial charge in [-0.2, -0.15) is 5.10 Å². The highest BCUT2D eigenvalue weighted by Gasteiger charge is 2.26. The van der Waals surface area contributed by atoms with Gasteiger partial charge in [0.15, 0.2) is 17.3 Å². The number of carbonyl (C=O) groups is 1. The fourth-order valence-corrected chi connectivity index (χ4v) is 4.87. The second-order valence-electron chi connectivity index (χ2n) is 9.42. The molecule has 6 rings (SSSR count). The highest BCUT2D eigenvalue weighted by Crippen LogP contribution is 2.35. The van der Waals surface area contributed by atoms with Crippen LogP contribution >= 0.6 is 0 Å². The summed E-state index contributed by atoms with van der Waals surface area (Å²) in [5.41, 5.74) is 11.6. The number of nitrogens with one attached hydrogen (secondary N) is 2. The van der Waals surface area contributed by atoms with Crippen LogP contribution in [0, 0.1) is 0 Å². The van der Waals surface area contributed by atoms with Gasteiger partial charge in [0, 0.05) is 30.3 Å². The number of aromatic nitrogens is 6. The molecule has 4 aromatic heterocycles. The second-order valence-corrected chi connectivity index (χ2v) is 9.42. The standard InChI is InChI=1S/C27H27N9O/c1-16(2)31-27(37)33-21-9-6-17-15-18(7-8-19(17)21)36-25(20-5-3-12-29-24(20)28)32-22-10-11-23(34-26(22)36)35-14-4-13-30-35/h3-5,7-8,10-16,21H,6,9H2,1-2H3,(H2,28,29)(H2,31,33,37)/t21-/m0/s1. The summed E-state index contributed by atoms with van der Waals surface area (Å²) in [6.45, 7) is 3.89. The number of hydrogen-bond acceptors (Lipinski definition) is 6. The largest absolute Gasteiger partial charge is 0.383 e. The summed E-state index contributed by atoms with van der Waals surface area (Å²) in [7, 11) is 0. The highest BCUT2D eigenvalue weighted by molar-refractivity contribution is 5.83. The topological polar surface area (TPSA) is 129 Å². The van der Waals surface area contributed by atoms with Crippen molar-refractivity contribution >= 4 is 23.0 Å². The van der Waals surface area contributed by atoms with Crippen molar-refractivity contribution in [3.05, 3.63) is 78.2 Å². The molecule has 0 aliphatic heterocycles. The van der Waals surface area contributed by atoms with E-state index in [2.05, 4.69) is 32.8 Å². The quantitative estimate of drug-likeness (QED) is 0.340. The number of imidazole rings is 1. The van der Waals surface area contributed by atoms with Gasteiger partial charge in [0.1, 0.15) is 11.3 Å². The number of carbonyl (C=O) groups excluding carboxylic acids is 1. The monoisotopic (exact) mass is 493 g/mol. The summed E-state index contributed by atoms with van der Waals surface area (Å²) in [5, 5.41) is 10.3. The van der Waals surface area contributed by atoms with Crippen LogP contribution < -0.4 is 16.4 Å². The van der Waals surface area contributed by atoms with Gasteiger partial charge in [0.25, 0.3) is 0 Å². The lowest BCUT2D eigenvalue weighted by atomic mass is 10.1. The van der Waals surface area contributed by atoms with E-state index in [0.29, 0.717) is 23.1 Å². The number of anilines is 1. The Labute approximate surface area is 213 Å². The Morgan fingerprint density at radius 3 is 2.78 bits per heavy atom. The Morgan fingerprint density at radius 2 is 2.00 bits per heavy atom.